The number of benzene rings is 1. The van der Waals surface area contributed by atoms with Crippen molar-refractivity contribution in [2.24, 2.45) is 5.92 Å². The second-order valence-electron chi connectivity index (χ2n) is 6.84. The first-order valence-electron chi connectivity index (χ1n) is 8.39. The van der Waals surface area contributed by atoms with E-state index < -0.39 is 5.79 Å². The Morgan fingerprint density at radius 3 is 2.70 bits per heavy atom. The molecular weight excluding hydrogens is 288 g/mol. The van der Waals surface area contributed by atoms with Gasteiger partial charge in [0.1, 0.15) is 0 Å². The molecule has 0 spiro atoms. The average Bonchev–Trinajstić information content (AvgIpc) is 3.18. The van der Waals surface area contributed by atoms with Crippen LogP contribution in [-0.2, 0) is 22.4 Å². The zero-order chi connectivity index (χ0) is 16.3. The van der Waals surface area contributed by atoms with E-state index in [1.165, 1.54) is 11.1 Å². The molecular formula is C19H26N2O2. The van der Waals surface area contributed by atoms with E-state index in [0.717, 1.165) is 12.8 Å². The van der Waals surface area contributed by atoms with Crippen molar-refractivity contribution in [3.63, 3.8) is 0 Å². The van der Waals surface area contributed by atoms with Crippen molar-refractivity contribution in [1.82, 2.24) is 9.55 Å². The minimum atomic E-state index is -0.555. The van der Waals surface area contributed by atoms with E-state index in [1.54, 1.807) is 6.20 Å². The molecule has 0 N–H and O–H groups in total. The Morgan fingerprint density at radius 1 is 1.30 bits per heavy atom. The molecule has 0 amide bonds. The van der Waals surface area contributed by atoms with Crippen molar-refractivity contribution in [2.75, 3.05) is 6.61 Å². The predicted molar refractivity (Wildman–Crippen MR) is 90.1 cm³/mol. The molecule has 1 aliphatic rings. The quantitative estimate of drug-likeness (QED) is 0.817. The van der Waals surface area contributed by atoms with Crippen LogP contribution < -0.4 is 0 Å². The number of hydrogen-bond donors (Lipinski definition) is 0. The first-order valence-corrected chi connectivity index (χ1v) is 8.39. The van der Waals surface area contributed by atoms with E-state index in [4.69, 9.17) is 9.47 Å². The molecule has 4 nitrogen and oxygen atoms in total. The molecule has 3 rings (SSSR count). The van der Waals surface area contributed by atoms with Gasteiger partial charge in [-0.05, 0) is 24.8 Å². The van der Waals surface area contributed by atoms with Crippen molar-refractivity contribution < 1.29 is 9.47 Å². The van der Waals surface area contributed by atoms with Gasteiger partial charge in [0.05, 0.1) is 25.6 Å². The molecule has 4 heteroatoms. The monoisotopic (exact) mass is 314 g/mol. The summed E-state index contributed by atoms with van der Waals surface area (Å²) in [4.78, 5) is 4.13. The summed E-state index contributed by atoms with van der Waals surface area (Å²) < 4.78 is 14.6. The van der Waals surface area contributed by atoms with Crippen LogP contribution in [0.1, 0.15) is 31.4 Å². The van der Waals surface area contributed by atoms with E-state index >= 15 is 0 Å². The van der Waals surface area contributed by atoms with Gasteiger partial charge < -0.3 is 14.0 Å². The molecule has 0 aliphatic carbocycles. The summed E-state index contributed by atoms with van der Waals surface area (Å²) in [5.74, 6) is -0.0976. The second-order valence-corrected chi connectivity index (χ2v) is 6.84. The van der Waals surface area contributed by atoms with Crippen molar-refractivity contribution in [3.05, 3.63) is 54.1 Å². The fourth-order valence-corrected chi connectivity index (χ4v) is 2.95. The maximum atomic E-state index is 6.36. The lowest BCUT2D eigenvalue weighted by Gasteiger charge is -2.29. The SMILES string of the molecule is Cc1ccc(CCC2(Cn3ccnc3)OCC(C(C)C)O2)cc1. The number of aryl methyl sites for hydroxylation is 2. The summed E-state index contributed by atoms with van der Waals surface area (Å²) in [6, 6.07) is 8.70. The highest BCUT2D eigenvalue weighted by Crippen LogP contribution is 2.33. The first kappa shape index (κ1) is 16.2. The highest BCUT2D eigenvalue weighted by molar-refractivity contribution is 5.21. The van der Waals surface area contributed by atoms with Crippen LogP contribution in [0.25, 0.3) is 0 Å². The van der Waals surface area contributed by atoms with Gasteiger partial charge in [-0.25, -0.2) is 4.98 Å². The van der Waals surface area contributed by atoms with Crippen LogP contribution in [0.3, 0.4) is 0 Å². The van der Waals surface area contributed by atoms with Gasteiger partial charge in [0.15, 0.2) is 5.79 Å². The van der Waals surface area contributed by atoms with Gasteiger partial charge in [0, 0.05) is 18.8 Å². The molecule has 0 radical (unpaired) electrons. The Hall–Kier alpha value is -1.65. The Kier molecular flexibility index (Phi) is 4.83. The van der Waals surface area contributed by atoms with Crippen LogP contribution in [0, 0.1) is 12.8 Å². The largest absolute Gasteiger partial charge is 0.345 e. The van der Waals surface area contributed by atoms with Crippen molar-refractivity contribution in [3.8, 4) is 0 Å². The van der Waals surface area contributed by atoms with Crippen LogP contribution in [0.15, 0.2) is 43.0 Å². The minimum Gasteiger partial charge on any atom is -0.345 e. The Bertz CT molecular complexity index is 607. The summed E-state index contributed by atoms with van der Waals surface area (Å²) in [5, 5.41) is 0. The molecule has 2 atom stereocenters. The Morgan fingerprint density at radius 2 is 2.09 bits per heavy atom. The lowest BCUT2D eigenvalue weighted by molar-refractivity contribution is -0.185. The first-order chi connectivity index (χ1) is 11.1. The number of rotatable bonds is 6. The molecule has 2 unspecified atom stereocenters. The van der Waals surface area contributed by atoms with Crippen LogP contribution in [0.5, 0.6) is 0 Å². The minimum absolute atomic E-state index is 0.163. The number of aromatic nitrogens is 2. The molecule has 1 aromatic heterocycles. The molecule has 1 aromatic carbocycles. The van der Waals surface area contributed by atoms with Crippen molar-refractivity contribution in [1.29, 1.82) is 0 Å². The maximum absolute atomic E-state index is 6.36. The van der Waals surface area contributed by atoms with Crippen LogP contribution >= 0.6 is 0 Å². The zero-order valence-electron chi connectivity index (χ0n) is 14.2. The third-order valence-corrected chi connectivity index (χ3v) is 4.52. The van der Waals surface area contributed by atoms with Gasteiger partial charge in [0.2, 0.25) is 0 Å². The van der Waals surface area contributed by atoms with Gasteiger partial charge in [-0.15, -0.1) is 0 Å². The predicted octanol–water partition coefficient (Wildman–Crippen LogP) is 3.59. The van der Waals surface area contributed by atoms with Crippen molar-refractivity contribution >= 4 is 0 Å². The third kappa shape index (κ3) is 4.01. The molecule has 1 fully saturated rings. The second kappa shape index (κ2) is 6.85. The van der Waals surface area contributed by atoms with Gasteiger partial charge in [0.25, 0.3) is 0 Å². The highest BCUT2D eigenvalue weighted by Gasteiger charge is 2.42. The normalized spacial score (nSPS) is 24.4. The topological polar surface area (TPSA) is 36.3 Å². The maximum Gasteiger partial charge on any atom is 0.187 e. The van der Waals surface area contributed by atoms with Crippen LogP contribution in [0.4, 0.5) is 0 Å². The summed E-state index contributed by atoms with van der Waals surface area (Å²) in [5.41, 5.74) is 2.61. The lowest BCUT2D eigenvalue weighted by atomic mass is 10.0. The fourth-order valence-electron chi connectivity index (χ4n) is 2.95. The Labute approximate surface area is 138 Å². The number of imidazole rings is 1. The van der Waals surface area contributed by atoms with E-state index in [0.29, 0.717) is 19.1 Å². The molecule has 1 saturated heterocycles. The zero-order valence-corrected chi connectivity index (χ0v) is 14.2. The molecule has 0 bridgehead atoms. The number of hydrogen-bond acceptors (Lipinski definition) is 3. The third-order valence-electron chi connectivity index (χ3n) is 4.52. The fraction of sp³-hybridized carbons (Fsp3) is 0.526. The molecule has 0 saturated carbocycles. The summed E-state index contributed by atoms with van der Waals surface area (Å²) in [6.07, 6.45) is 7.53. The summed E-state index contributed by atoms with van der Waals surface area (Å²) >= 11 is 0. The summed E-state index contributed by atoms with van der Waals surface area (Å²) in [6.45, 7) is 7.83. The van der Waals surface area contributed by atoms with Gasteiger partial charge in [-0.2, -0.15) is 0 Å². The smallest absolute Gasteiger partial charge is 0.187 e. The van der Waals surface area contributed by atoms with Gasteiger partial charge in [-0.3, -0.25) is 0 Å². The van der Waals surface area contributed by atoms with Gasteiger partial charge >= 0.3 is 0 Å². The molecule has 2 heterocycles. The molecule has 1 aliphatic heterocycles. The Balaban J connectivity index is 1.71. The average molecular weight is 314 g/mol. The molecule has 2 aromatic rings. The number of nitrogens with zero attached hydrogens (tertiary/aromatic N) is 2. The van der Waals surface area contributed by atoms with Crippen LogP contribution in [0.2, 0.25) is 0 Å². The van der Waals surface area contributed by atoms with E-state index in [-0.39, 0.29) is 6.10 Å². The molecule has 23 heavy (non-hydrogen) atoms. The van der Waals surface area contributed by atoms with Crippen LogP contribution in [-0.4, -0.2) is 28.0 Å². The highest BCUT2D eigenvalue weighted by atomic mass is 16.7. The van der Waals surface area contributed by atoms with E-state index in [1.807, 2.05) is 17.1 Å². The van der Waals surface area contributed by atoms with E-state index in [9.17, 15) is 0 Å². The number of ether oxygens (including phenoxy) is 2. The standard InChI is InChI=1S/C19H26N2O2/c1-15(2)18-12-22-19(23-18,13-21-11-10-20-14-21)9-8-17-6-4-16(3)5-7-17/h4-7,10-11,14-15,18H,8-9,12-13H2,1-3H3. The molecule has 124 valence electrons. The summed E-state index contributed by atoms with van der Waals surface area (Å²) in [7, 11) is 0. The lowest BCUT2D eigenvalue weighted by Crippen LogP contribution is -2.37. The van der Waals surface area contributed by atoms with Crippen molar-refractivity contribution in [2.45, 2.75) is 52.0 Å². The van der Waals surface area contributed by atoms with Gasteiger partial charge in [-0.1, -0.05) is 43.7 Å². The van der Waals surface area contributed by atoms with E-state index in [2.05, 4.69) is 50.0 Å².